The molecule has 0 aliphatic rings. The Morgan fingerprint density at radius 2 is 1.21 bits per heavy atom. The Hall–Kier alpha value is -5.56. The van der Waals surface area contributed by atoms with E-state index in [9.17, 15) is 9.59 Å². The first-order chi connectivity index (χ1) is 20.6. The number of methoxy groups -OCH3 is 1. The molecule has 0 bridgehead atoms. The van der Waals surface area contributed by atoms with Crippen LogP contribution < -0.4 is 20.1 Å². The summed E-state index contributed by atoms with van der Waals surface area (Å²) in [6.07, 6.45) is -0.461. The number of carbonyl (C=O) groups excluding carboxylic acids is 2. The average molecular weight is 559 g/mol. The van der Waals surface area contributed by atoms with Crippen LogP contribution in [0.25, 0.3) is 0 Å². The highest BCUT2D eigenvalue weighted by Crippen LogP contribution is 2.32. The maximum absolute atomic E-state index is 12.8. The molecule has 42 heavy (non-hydrogen) atoms. The van der Waals surface area contributed by atoms with Crippen LogP contribution in [0.15, 0.2) is 133 Å². The predicted octanol–water partition coefficient (Wildman–Crippen LogP) is 7.86. The number of rotatable bonds is 10. The van der Waals surface area contributed by atoms with Gasteiger partial charge in [0.05, 0.1) is 7.11 Å². The van der Waals surface area contributed by atoms with E-state index in [1.54, 1.807) is 36.4 Å². The highest BCUT2D eigenvalue weighted by molar-refractivity contribution is 6.01. The second kappa shape index (κ2) is 13.7. The van der Waals surface area contributed by atoms with Gasteiger partial charge in [-0.25, -0.2) is 9.59 Å². The minimum atomic E-state index is -0.583. The number of nitrogens with one attached hydrogen (secondary N) is 2. The zero-order valence-electron chi connectivity index (χ0n) is 23.0. The van der Waals surface area contributed by atoms with Crippen molar-refractivity contribution in [3.8, 4) is 11.5 Å². The fourth-order valence-corrected chi connectivity index (χ4v) is 4.36. The van der Waals surface area contributed by atoms with Gasteiger partial charge in [-0.2, -0.15) is 0 Å². The molecule has 0 aliphatic heterocycles. The van der Waals surface area contributed by atoms with Crippen molar-refractivity contribution in [2.24, 2.45) is 0 Å². The van der Waals surface area contributed by atoms with Crippen molar-refractivity contribution in [2.45, 2.75) is 12.7 Å². The Bertz CT molecular complexity index is 1570. The van der Waals surface area contributed by atoms with Gasteiger partial charge in [-0.3, -0.25) is 0 Å². The van der Waals surface area contributed by atoms with Crippen LogP contribution in [-0.2, 0) is 11.3 Å². The molecule has 210 valence electrons. The quantitative estimate of drug-likeness (QED) is 0.170. The lowest BCUT2D eigenvalue weighted by atomic mass is 10.0. The summed E-state index contributed by atoms with van der Waals surface area (Å²) in [5.41, 5.74) is 4.10. The zero-order valence-corrected chi connectivity index (χ0v) is 23.0. The summed E-state index contributed by atoms with van der Waals surface area (Å²) in [5.74, 6) is 0.434. The third-order valence-electron chi connectivity index (χ3n) is 6.45. The minimum absolute atomic E-state index is 0.187. The molecule has 0 atom stereocenters. The fraction of sp³-hybridized carbons (Fsp3) is 0.0857. The van der Waals surface area contributed by atoms with Gasteiger partial charge in [-0.05, 0) is 59.2 Å². The van der Waals surface area contributed by atoms with E-state index >= 15 is 0 Å². The zero-order chi connectivity index (χ0) is 29.1. The van der Waals surface area contributed by atoms with Gasteiger partial charge >= 0.3 is 12.0 Å². The number of carbonyl (C=O) groups is 2. The van der Waals surface area contributed by atoms with E-state index in [1.807, 2.05) is 91.0 Å². The van der Waals surface area contributed by atoms with Crippen LogP contribution in [0.2, 0.25) is 0 Å². The predicted molar refractivity (Wildman–Crippen MR) is 163 cm³/mol. The molecule has 5 rings (SSSR count). The monoisotopic (exact) mass is 558 g/mol. The van der Waals surface area contributed by atoms with Gasteiger partial charge in [0.2, 0.25) is 0 Å². The Balaban J connectivity index is 1.27. The van der Waals surface area contributed by atoms with Gasteiger partial charge in [-0.1, -0.05) is 91.0 Å². The second-order valence-electron chi connectivity index (χ2n) is 9.40. The van der Waals surface area contributed by atoms with E-state index in [2.05, 4.69) is 10.6 Å². The summed E-state index contributed by atoms with van der Waals surface area (Å²) in [7, 11) is 1.30. The number of anilines is 2. The summed E-state index contributed by atoms with van der Waals surface area (Å²) in [4.78, 5) is 25.5. The Morgan fingerprint density at radius 3 is 1.81 bits per heavy atom. The van der Waals surface area contributed by atoms with Crippen LogP contribution in [0.4, 0.5) is 16.2 Å². The lowest BCUT2D eigenvalue weighted by Gasteiger charge is -2.22. The molecular formula is C35H30N2O5. The van der Waals surface area contributed by atoms with Crippen molar-refractivity contribution in [1.82, 2.24) is 0 Å². The van der Waals surface area contributed by atoms with Gasteiger partial charge < -0.3 is 24.8 Å². The SMILES string of the molecule is COC(=O)c1cc(NC(=O)Nc2ccc(OCc3ccccc3)cc2)ccc1OC(c1ccccc1)c1ccccc1. The molecule has 2 N–H and O–H groups in total. The second-order valence-corrected chi connectivity index (χ2v) is 9.40. The first-order valence-electron chi connectivity index (χ1n) is 13.4. The normalized spacial score (nSPS) is 10.5. The fourth-order valence-electron chi connectivity index (χ4n) is 4.36. The molecule has 0 unspecified atom stereocenters. The topological polar surface area (TPSA) is 85.9 Å². The van der Waals surface area contributed by atoms with Gasteiger partial charge in [0.25, 0.3) is 0 Å². The number of esters is 1. The van der Waals surface area contributed by atoms with E-state index < -0.39 is 18.1 Å². The standard InChI is InChI=1S/C35H30N2O5/c1-40-34(38)31-23-29(19-22-32(31)42-33(26-13-7-3-8-14-26)27-15-9-4-10-16-27)37-35(39)36-28-17-20-30(21-18-28)41-24-25-11-5-2-6-12-25/h2-23,33H,24H2,1H3,(H2,36,37,39). The van der Waals surface area contributed by atoms with Crippen LogP contribution in [0.5, 0.6) is 11.5 Å². The Morgan fingerprint density at radius 1 is 0.667 bits per heavy atom. The third-order valence-corrected chi connectivity index (χ3v) is 6.45. The number of ether oxygens (including phenoxy) is 3. The van der Waals surface area contributed by atoms with Gasteiger partial charge in [0.15, 0.2) is 0 Å². The van der Waals surface area contributed by atoms with E-state index in [0.29, 0.717) is 29.5 Å². The molecule has 0 radical (unpaired) electrons. The molecule has 0 fully saturated rings. The molecule has 5 aromatic carbocycles. The summed E-state index contributed by atoms with van der Waals surface area (Å²) in [6.45, 7) is 0.452. The van der Waals surface area contributed by atoms with Gasteiger partial charge in [-0.15, -0.1) is 0 Å². The number of benzene rings is 5. The molecule has 5 aromatic rings. The number of urea groups is 1. The van der Waals surface area contributed by atoms with Crippen molar-refractivity contribution in [3.05, 3.63) is 156 Å². The Labute approximate surface area is 244 Å². The van der Waals surface area contributed by atoms with Crippen molar-refractivity contribution in [2.75, 3.05) is 17.7 Å². The largest absolute Gasteiger partial charge is 0.489 e. The van der Waals surface area contributed by atoms with Crippen molar-refractivity contribution < 1.29 is 23.8 Å². The summed E-state index contributed by atoms with van der Waals surface area (Å²) < 4.78 is 17.2. The molecule has 0 aliphatic carbocycles. The number of hydrogen-bond donors (Lipinski definition) is 2. The highest BCUT2D eigenvalue weighted by Gasteiger charge is 2.21. The first kappa shape index (κ1) is 28.0. The molecule has 0 spiro atoms. The van der Waals surface area contributed by atoms with Crippen LogP contribution >= 0.6 is 0 Å². The molecule has 0 saturated heterocycles. The third kappa shape index (κ3) is 7.34. The Kier molecular flexibility index (Phi) is 9.11. The van der Waals surface area contributed by atoms with E-state index in [4.69, 9.17) is 14.2 Å². The molecular weight excluding hydrogens is 528 g/mol. The minimum Gasteiger partial charge on any atom is -0.489 e. The van der Waals surface area contributed by atoms with E-state index in [1.165, 1.54) is 13.2 Å². The lowest BCUT2D eigenvalue weighted by Crippen LogP contribution is -2.20. The highest BCUT2D eigenvalue weighted by atomic mass is 16.5. The summed E-state index contributed by atoms with van der Waals surface area (Å²) >= 11 is 0. The van der Waals surface area contributed by atoms with Crippen molar-refractivity contribution in [3.63, 3.8) is 0 Å². The van der Waals surface area contributed by atoms with Crippen molar-refractivity contribution >= 4 is 23.4 Å². The molecule has 0 saturated carbocycles. The average Bonchev–Trinajstić information content (AvgIpc) is 3.04. The van der Waals surface area contributed by atoms with Crippen LogP contribution in [0, 0.1) is 0 Å². The van der Waals surface area contributed by atoms with Gasteiger partial charge in [0.1, 0.15) is 29.8 Å². The lowest BCUT2D eigenvalue weighted by molar-refractivity contribution is 0.0594. The molecule has 0 aromatic heterocycles. The smallest absolute Gasteiger partial charge is 0.341 e. The summed E-state index contributed by atoms with van der Waals surface area (Å²) in [5, 5.41) is 5.56. The first-order valence-corrected chi connectivity index (χ1v) is 13.4. The van der Waals surface area contributed by atoms with Gasteiger partial charge in [0, 0.05) is 11.4 Å². The van der Waals surface area contributed by atoms with Crippen LogP contribution in [0.1, 0.15) is 33.2 Å². The molecule has 0 heterocycles. The van der Waals surface area contributed by atoms with Crippen LogP contribution in [-0.4, -0.2) is 19.1 Å². The maximum Gasteiger partial charge on any atom is 0.341 e. The summed E-state index contributed by atoms with van der Waals surface area (Å²) in [6, 6.07) is 40.9. The number of amides is 2. The van der Waals surface area contributed by atoms with E-state index in [0.717, 1.165) is 16.7 Å². The molecule has 7 nitrogen and oxygen atoms in total. The molecule has 7 heteroatoms. The van der Waals surface area contributed by atoms with Crippen LogP contribution in [0.3, 0.4) is 0 Å². The van der Waals surface area contributed by atoms with Crippen molar-refractivity contribution in [1.29, 1.82) is 0 Å². The molecule has 2 amide bonds. The van der Waals surface area contributed by atoms with E-state index in [-0.39, 0.29) is 5.56 Å². The maximum atomic E-state index is 12.8. The number of hydrogen-bond acceptors (Lipinski definition) is 5.